The van der Waals surface area contributed by atoms with Crippen LogP contribution in [0.3, 0.4) is 0 Å². The van der Waals surface area contributed by atoms with Gasteiger partial charge in [-0.15, -0.1) is 0 Å². The van der Waals surface area contributed by atoms with E-state index in [0.29, 0.717) is 6.42 Å². The quantitative estimate of drug-likeness (QED) is 0.828. The molecule has 5 nitrogen and oxygen atoms in total. The van der Waals surface area contributed by atoms with E-state index >= 15 is 0 Å². The van der Waals surface area contributed by atoms with Gasteiger partial charge in [-0.25, -0.2) is 4.79 Å². The molecule has 0 aliphatic carbocycles. The molecule has 1 aliphatic rings. The first-order chi connectivity index (χ1) is 8.94. The van der Waals surface area contributed by atoms with E-state index in [-0.39, 0.29) is 5.91 Å². The normalized spacial score (nSPS) is 17.3. The minimum Gasteiger partial charge on any atom is -0.480 e. The van der Waals surface area contributed by atoms with E-state index in [9.17, 15) is 9.59 Å². The highest BCUT2D eigenvalue weighted by atomic mass is 16.5. The van der Waals surface area contributed by atoms with Crippen LogP contribution in [0.4, 0.5) is 0 Å². The van der Waals surface area contributed by atoms with E-state index < -0.39 is 17.6 Å². The number of ether oxygens (including phenoxy) is 2. The Balaban J connectivity index is 2.02. The molecule has 0 bridgehead atoms. The van der Waals surface area contributed by atoms with E-state index in [2.05, 4.69) is 10.1 Å². The molecule has 0 fully saturated rings. The minimum absolute atomic E-state index is 0.313. The molecular weight excluding hydrogens is 246 g/mol. The number of benzene rings is 1. The zero-order chi connectivity index (χ0) is 14.0. The Labute approximate surface area is 111 Å². The zero-order valence-corrected chi connectivity index (χ0v) is 11.2. The smallest absolute Gasteiger partial charge is 0.330 e. The van der Waals surface area contributed by atoms with Crippen molar-refractivity contribution in [1.29, 1.82) is 0 Å². The van der Waals surface area contributed by atoms with Crippen LogP contribution >= 0.6 is 0 Å². The Kier molecular flexibility index (Phi) is 3.46. The van der Waals surface area contributed by atoms with Crippen LogP contribution in [0.15, 0.2) is 24.3 Å². The summed E-state index contributed by atoms with van der Waals surface area (Å²) in [5, 5.41) is 2.65. The maximum atomic E-state index is 12.1. The van der Waals surface area contributed by atoms with Crippen molar-refractivity contribution in [2.75, 3.05) is 7.11 Å². The van der Waals surface area contributed by atoms with E-state index in [4.69, 9.17) is 4.74 Å². The average molecular weight is 263 g/mol. The Morgan fingerprint density at radius 2 is 2.05 bits per heavy atom. The Morgan fingerprint density at radius 3 is 2.68 bits per heavy atom. The first-order valence-electron chi connectivity index (χ1n) is 6.09. The first kappa shape index (κ1) is 13.4. The first-order valence-corrected chi connectivity index (χ1v) is 6.09. The molecule has 0 saturated carbocycles. The van der Waals surface area contributed by atoms with Crippen LogP contribution in [0.1, 0.15) is 19.4 Å². The number of hydrogen-bond donors (Lipinski definition) is 1. The zero-order valence-electron chi connectivity index (χ0n) is 11.2. The number of hydrogen-bond acceptors (Lipinski definition) is 4. The fourth-order valence-corrected chi connectivity index (χ4v) is 2.02. The Morgan fingerprint density at radius 1 is 1.37 bits per heavy atom. The highest BCUT2D eigenvalue weighted by Gasteiger charge is 2.36. The second-order valence-electron chi connectivity index (χ2n) is 5.02. The molecule has 1 heterocycles. The average Bonchev–Trinajstić information content (AvgIpc) is 2.81. The molecule has 0 saturated heterocycles. The Hall–Kier alpha value is -2.04. The van der Waals surface area contributed by atoms with Crippen molar-refractivity contribution in [3.63, 3.8) is 0 Å². The van der Waals surface area contributed by atoms with Crippen molar-refractivity contribution >= 4 is 11.9 Å². The van der Waals surface area contributed by atoms with Crippen LogP contribution in [0, 0.1) is 0 Å². The summed E-state index contributed by atoms with van der Waals surface area (Å²) in [6.45, 7) is 3.19. The molecule has 19 heavy (non-hydrogen) atoms. The molecule has 0 radical (unpaired) electrons. The third-order valence-corrected chi connectivity index (χ3v) is 3.07. The van der Waals surface area contributed by atoms with Crippen LogP contribution in [-0.4, -0.2) is 30.6 Å². The number of carbonyl (C=O) groups excluding carboxylic acids is 2. The topological polar surface area (TPSA) is 64.6 Å². The highest BCUT2D eigenvalue weighted by Crippen LogP contribution is 2.28. The SMILES string of the molecule is COC(=O)C(C)(C)NC(=O)C1Cc2ccccc2O1. The van der Waals surface area contributed by atoms with Gasteiger partial charge in [-0.2, -0.15) is 0 Å². The second kappa shape index (κ2) is 4.91. The Bertz CT molecular complexity index is 485. The molecule has 1 aromatic carbocycles. The molecular formula is C14H17NO4. The summed E-state index contributed by atoms with van der Waals surface area (Å²) in [5.74, 6) is -0.0820. The lowest BCUT2D eigenvalue weighted by Crippen LogP contribution is -2.54. The predicted octanol–water partition coefficient (Wildman–Crippen LogP) is 1.06. The molecule has 0 spiro atoms. The molecule has 1 N–H and O–H groups in total. The number of carbonyl (C=O) groups is 2. The molecule has 1 unspecified atom stereocenters. The summed E-state index contributed by atoms with van der Waals surface area (Å²) in [4.78, 5) is 23.6. The van der Waals surface area contributed by atoms with Crippen molar-refractivity contribution in [2.45, 2.75) is 31.9 Å². The number of rotatable bonds is 3. The highest BCUT2D eigenvalue weighted by molar-refractivity contribution is 5.90. The van der Waals surface area contributed by atoms with Gasteiger partial charge in [-0.05, 0) is 25.5 Å². The third kappa shape index (κ3) is 2.70. The van der Waals surface area contributed by atoms with E-state index in [0.717, 1.165) is 11.3 Å². The number of amides is 1. The molecule has 2 rings (SSSR count). The lowest BCUT2D eigenvalue weighted by atomic mass is 10.0. The summed E-state index contributed by atoms with van der Waals surface area (Å²) in [5.41, 5.74) is -0.0669. The van der Waals surface area contributed by atoms with Gasteiger partial charge in [-0.1, -0.05) is 18.2 Å². The maximum absolute atomic E-state index is 12.1. The summed E-state index contributed by atoms with van der Waals surface area (Å²) < 4.78 is 10.2. The van der Waals surface area contributed by atoms with Crippen LogP contribution in [-0.2, 0) is 20.7 Å². The standard InChI is InChI=1S/C14H17NO4/c1-14(2,13(17)18-3)15-12(16)11-8-9-6-4-5-7-10(9)19-11/h4-7,11H,8H2,1-3H3,(H,15,16). The lowest BCUT2D eigenvalue weighted by molar-refractivity contribution is -0.150. The predicted molar refractivity (Wildman–Crippen MR) is 68.8 cm³/mol. The van der Waals surface area contributed by atoms with Crippen molar-refractivity contribution < 1.29 is 19.1 Å². The molecule has 5 heteroatoms. The number of fused-ring (bicyclic) bond motifs is 1. The van der Waals surface area contributed by atoms with Gasteiger partial charge in [0.2, 0.25) is 0 Å². The summed E-state index contributed by atoms with van der Waals surface area (Å²) in [6, 6.07) is 7.51. The summed E-state index contributed by atoms with van der Waals surface area (Å²) in [6.07, 6.45) is -0.0828. The molecule has 1 aliphatic heterocycles. The lowest BCUT2D eigenvalue weighted by Gasteiger charge is -2.24. The second-order valence-corrected chi connectivity index (χ2v) is 5.02. The fraction of sp³-hybridized carbons (Fsp3) is 0.429. The number of esters is 1. The minimum atomic E-state index is -1.07. The van der Waals surface area contributed by atoms with Crippen LogP contribution in [0.2, 0.25) is 0 Å². The summed E-state index contributed by atoms with van der Waals surface area (Å²) >= 11 is 0. The van der Waals surface area contributed by atoms with Crippen LogP contribution < -0.4 is 10.1 Å². The maximum Gasteiger partial charge on any atom is 0.330 e. The molecule has 0 aromatic heterocycles. The fourth-order valence-electron chi connectivity index (χ4n) is 2.02. The molecule has 1 aromatic rings. The van der Waals surface area contributed by atoms with Crippen molar-refractivity contribution in [3.05, 3.63) is 29.8 Å². The van der Waals surface area contributed by atoms with Gasteiger partial charge in [0.05, 0.1) is 7.11 Å². The van der Waals surface area contributed by atoms with Gasteiger partial charge in [0.15, 0.2) is 6.10 Å². The van der Waals surface area contributed by atoms with Gasteiger partial charge in [0.1, 0.15) is 11.3 Å². The summed E-state index contributed by atoms with van der Waals surface area (Å²) in [7, 11) is 1.29. The van der Waals surface area contributed by atoms with Crippen molar-refractivity contribution in [2.24, 2.45) is 0 Å². The number of nitrogens with one attached hydrogen (secondary N) is 1. The van der Waals surface area contributed by atoms with Crippen LogP contribution in [0.25, 0.3) is 0 Å². The van der Waals surface area contributed by atoms with Gasteiger partial charge >= 0.3 is 5.97 Å². The third-order valence-electron chi connectivity index (χ3n) is 3.07. The largest absolute Gasteiger partial charge is 0.480 e. The molecule has 1 atom stereocenters. The monoisotopic (exact) mass is 263 g/mol. The van der Waals surface area contributed by atoms with Gasteiger partial charge in [0, 0.05) is 6.42 Å². The van der Waals surface area contributed by atoms with Crippen molar-refractivity contribution in [1.82, 2.24) is 5.32 Å². The molecule has 102 valence electrons. The van der Waals surface area contributed by atoms with Gasteiger partial charge in [-0.3, -0.25) is 4.79 Å². The van der Waals surface area contributed by atoms with Crippen molar-refractivity contribution in [3.8, 4) is 5.75 Å². The van der Waals surface area contributed by atoms with Crippen LogP contribution in [0.5, 0.6) is 5.75 Å². The van der Waals surface area contributed by atoms with E-state index in [1.54, 1.807) is 13.8 Å². The van der Waals surface area contributed by atoms with E-state index in [1.807, 2.05) is 24.3 Å². The van der Waals surface area contributed by atoms with Gasteiger partial charge in [0.25, 0.3) is 5.91 Å². The number of methoxy groups -OCH3 is 1. The number of para-hydroxylation sites is 1. The van der Waals surface area contributed by atoms with E-state index in [1.165, 1.54) is 7.11 Å². The van der Waals surface area contributed by atoms with Gasteiger partial charge < -0.3 is 14.8 Å². The molecule has 1 amide bonds.